The number of nitro groups is 1. The number of nitrogens with zero attached hydrogens (tertiary/aromatic N) is 4. The summed E-state index contributed by atoms with van der Waals surface area (Å²) in [5.41, 5.74) is 4.22. The number of aryl methyl sites for hydroxylation is 1. The van der Waals surface area contributed by atoms with Gasteiger partial charge in [0.15, 0.2) is 11.0 Å². The van der Waals surface area contributed by atoms with E-state index in [1.54, 1.807) is 24.3 Å². The molecule has 1 amide bonds. The molecule has 0 aliphatic carbocycles. The van der Waals surface area contributed by atoms with Crippen molar-refractivity contribution in [2.45, 2.75) is 62.4 Å². The molecule has 0 bridgehead atoms. The molecule has 1 atom stereocenters. The second-order valence-corrected chi connectivity index (χ2v) is 12.0. The lowest BCUT2D eigenvalue weighted by molar-refractivity contribution is -0.384. The van der Waals surface area contributed by atoms with Gasteiger partial charge in [0.25, 0.3) is 11.6 Å². The smallest absolute Gasteiger partial charge is 0.269 e. The van der Waals surface area contributed by atoms with Gasteiger partial charge in [0, 0.05) is 29.1 Å². The molecule has 5 aromatic rings. The Morgan fingerprint density at radius 3 is 2.24 bits per heavy atom. The Hall–Kier alpha value is -4.83. The Morgan fingerprint density at radius 2 is 1.57 bits per heavy atom. The number of unbranched alkanes of at least 4 members (excludes halogenated alkanes) is 3. The molecule has 8 nitrogen and oxygen atoms in total. The van der Waals surface area contributed by atoms with Gasteiger partial charge in [0.2, 0.25) is 0 Å². The minimum Gasteiger partial charge on any atom is -0.342 e. The molecule has 5 rings (SSSR count). The number of hydrogen-bond donors (Lipinski definition) is 1. The highest BCUT2D eigenvalue weighted by atomic mass is 32.2. The SMILES string of the molecule is CCCCCCc1ccc(C(=O)N[C@H](Cc2ccccc2)c2nnc(SCc3ccc(F)cc3)n2-c2ccc([N+](=O)[O-])cc2)cc1. The van der Waals surface area contributed by atoms with Crippen molar-refractivity contribution < 1.29 is 14.1 Å². The van der Waals surface area contributed by atoms with E-state index in [1.165, 1.54) is 60.9 Å². The third-order valence-corrected chi connectivity index (χ3v) is 8.69. The summed E-state index contributed by atoms with van der Waals surface area (Å²) in [4.78, 5) is 24.6. The lowest BCUT2D eigenvalue weighted by atomic mass is 10.0. The van der Waals surface area contributed by atoms with E-state index in [2.05, 4.69) is 22.4 Å². The molecule has 0 saturated heterocycles. The standard InChI is InChI=1S/C36H36FN5O3S/c1-2-3-4-6-9-26-12-16-29(17-13-26)35(43)38-33(24-27-10-7-5-8-11-27)34-39-40-36(46-25-28-14-18-30(37)19-15-28)41(34)31-20-22-32(23-21-31)42(44)45/h5,7-8,10-23,33H,2-4,6,9,24-25H2,1H3,(H,38,43)/t33-/m1/s1. The van der Waals surface area contributed by atoms with E-state index in [1.807, 2.05) is 59.2 Å². The van der Waals surface area contributed by atoms with Crippen molar-refractivity contribution in [3.05, 3.63) is 147 Å². The van der Waals surface area contributed by atoms with Gasteiger partial charge < -0.3 is 5.32 Å². The van der Waals surface area contributed by atoms with Crippen LogP contribution in [-0.2, 0) is 18.6 Å². The van der Waals surface area contributed by atoms with Crippen LogP contribution >= 0.6 is 11.8 Å². The fraction of sp³-hybridized carbons (Fsp3) is 0.250. The van der Waals surface area contributed by atoms with E-state index in [0.717, 1.165) is 24.0 Å². The fourth-order valence-electron chi connectivity index (χ4n) is 5.17. The minimum absolute atomic E-state index is 0.0400. The maximum absolute atomic E-state index is 13.7. The lowest BCUT2D eigenvalue weighted by Crippen LogP contribution is -2.32. The summed E-state index contributed by atoms with van der Waals surface area (Å²) < 4.78 is 15.3. The van der Waals surface area contributed by atoms with Crippen LogP contribution in [0.15, 0.2) is 108 Å². The Balaban J connectivity index is 1.46. The van der Waals surface area contributed by atoms with Crippen molar-refractivity contribution in [2.24, 2.45) is 0 Å². The van der Waals surface area contributed by atoms with Crippen LogP contribution in [0, 0.1) is 15.9 Å². The van der Waals surface area contributed by atoms with Gasteiger partial charge in [-0.3, -0.25) is 19.5 Å². The van der Waals surface area contributed by atoms with Crippen LogP contribution in [-0.4, -0.2) is 25.6 Å². The number of halogens is 1. The van der Waals surface area contributed by atoms with E-state index in [9.17, 15) is 19.3 Å². The van der Waals surface area contributed by atoms with Gasteiger partial charge in [-0.1, -0.05) is 92.5 Å². The predicted molar refractivity (Wildman–Crippen MR) is 179 cm³/mol. The van der Waals surface area contributed by atoms with E-state index < -0.39 is 11.0 Å². The molecule has 0 aliphatic heterocycles. The Labute approximate surface area is 272 Å². The molecule has 10 heteroatoms. The zero-order valence-electron chi connectivity index (χ0n) is 25.6. The molecule has 0 saturated carbocycles. The Kier molecular flexibility index (Phi) is 11.3. The second kappa shape index (κ2) is 15.9. The molecular formula is C36H36FN5O3S. The predicted octanol–water partition coefficient (Wildman–Crippen LogP) is 8.44. The van der Waals surface area contributed by atoms with Gasteiger partial charge in [0.1, 0.15) is 5.82 Å². The number of thioether (sulfide) groups is 1. The van der Waals surface area contributed by atoms with Gasteiger partial charge in [-0.25, -0.2) is 4.39 Å². The molecule has 0 unspecified atom stereocenters. The third kappa shape index (κ3) is 8.66. The summed E-state index contributed by atoms with van der Waals surface area (Å²) in [5.74, 6) is 0.426. The first-order valence-corrected chi connectivity index (χ1v) is 16.4. The zero-order valence-corrected chi connectivity index (χ0v) is 26.5. The largest absolute Gasteiger partial charge is 0.342 e. The monoisotopic (exact) mass is 637 g/mol. The molecule has 0 radical (unpaired) electrons. The van der Waals surface area contributed by atoms with E-state index in [-0.39, 0.29) is 17.4 Å². The molecule has 46 heavy (non-hydrogen) atoms. The van der Waals surface area contributed by atoms with Crippen LogP contribution in [0.25, 0.3) is 5.69 Å². The first-order valence-electron chi connectivity index (χ1n) is 15.4. The van der Waals surface area contributed by atoms with Gasteiger partial charge in [-0.15, -0.1) is 10.2 Å². The van der Waals surface area contributed by atoms with Crippen LogP contribution in [0.3, 0.4) is 0 Å². The first-order chi connectivity index (χ1) is 22.4. The summed E-state index contributed by atoms with van der Waals surface area (Å²) in [7, 11) is 0. The number of hydrogen-bond acceptors (Lipinski definition) is 6. The minimum atomic E-state index is -0.577. The molecule has 1 heterocycles. The average Bonchev–Trinajstić information content (AvgIpc) is 3.51. The summed E-state index contributed by atoms with van der Waals surface area (Å²) >= 11 is 1.40. The lowest BCUT2D eigenvalue weighted by Gasteiger charge is -2.20. The number of nitrogens with one attached hydrogen (secondary N) is 1. The van der Waals surface area contributed by atoms with Crippen molar-refractivity contribution in [2.75, 3.05) is 0 Å². The van der Waals surface area contributed by atoms with Crippen LogP contribution in [0.2, 0.25) is 0 Å². The Morgan fingerprint density at radius 1 is 0.870 bits per heavy atom. The maximum atomic E-state index is 13.7. The van der Waals surface area contributed by atoms with Gasteiger partial charge in [-0.05, 0) is 72.4 Å². The van der Waals surface area contributed by atoms with Crippen LogP contribution in [0.4, 0.5) is 10.1 Å². The van der Waals surface area contributed by atoms with Gasteiger partial charge >= 0.3 is 0 Å². The molecule has 0 spiro atoms. The number of rotatable bonds is 15. The topological polar surface area (TPSA) is 103 Å². The fourth-order valence-corrected chi connectivity index (χ4v) is 6.09. The van der Waals surface area contributed by atoms with E-state index in [4.69, 9.17) is 0 Å². The van der Waals surface area contributed by atoms with Crippen LogP contribution in [0.5, 0.6) is 0 Å². The summed E-state index contributed by atoms with van der Waals surface area (Å²) in [6.45, 7) is 2.19. The van der Waals surface area contributed by atoms with E-state index in [0.29, 0.717) is 34.4 Å². The third-order valence-electron chi connectivity index (χ3n) is 7.69. The summed E-state index contributed by atoms with van der Waals surface area (Å²) in [6.07, 6.45) is 6.15. The van der Waals surface area contributed by atoms with Gasteiger partial charge in [-0.2, -0.15) is 0 Å². The van der Waals surface area contributed by atoms with Crippen LogP contribution < -0.4 is 5.32 Å². The number of amides is 1. The van der Waals surface area contributed by atoms with E-state index >= 15 is 0 Å². The van der Waals surface area contributed by atoms with Gasteiger partial charge in [0.05, 0.1) is 11.0 Å². The number of aromatic nitrogens is 3. The quantitative estimate of drug-likeness (QED) is 0.0535. The molecule has 0 aliphatic rings. The first kappa shape index (κ1) is 32.6. The zero-order chi connectivity index (χ0) is 32.3. The highest BCUT2D eigenvalue weighted by Crippen LogP contribution is 2.30. The Bertz CT molecular complexity index is 1730. The molecule has 0 fully saturated rings. The number of nitro benzene ring substituents is 1. The van der Waals surface area contributed by atoms with Crippen molar-refractivity contribution >= 4 is 23.4 Å². The van der Waals surface area contributed by atoms with Crippen molar-refractivity contribution in [3.63, 3.8) is 0 Å². The maximum Gasteiger partial charge on any atom is 0.269 e. The molecule has 4 aromatic carbocycles. The molecular weight excluding hydrogens is 601 g/mol. The van der Waals surface area contributed by atoms with Crippen molar-refractivity contribution in [1.82, 2.24) is 20.1 Å². The summed E-state index contributed by atoms with van der Waals surface area (Å²) in [5, 5.41) is 24.2. The summed E-state index contributed by atoms with van der Waals surface area (Å²) in [6, 6.07) is 29.4. The van der Waals surface area contributed by atoms with Crippen LogP contribution in [0.1, 0.15) is 71.5 Å². The molecule has 1 N–H and O–H groups in total. The number of benzene rings is 4. The molecule has 236 valence electrons. The number of carbonyl (C=O) groups is 1. The van der Waals surface area contributed by atoms with Crippen molar-refractivity contribution in [3.8, 4) is 5.69 Å². The highest BCUT2D eigenvalue weighted by Gasteiger charge is 2.26. The number of non-ortho nitro benzene ring substituents is 1. The molecule has 1 aromatic heterocycles. The number of carbonyl (C=O) groups excluding carboxylic acids is 1. The van der Waals surface area contributed by atoms with Crippen molar-refractivity contribution in [1.29, 1.82) is 0 Å². The second-order valence-electron chi connectivity index (χ2n) is 11.1. The highest BCUT2D eigenvalue weighted by molar-refractivity contribution is 7.98. The normalized spacial score (nSPS) is 11.7. The average molecular weight is 638 g/mol.